The van der Waals surface area contributed by atoms with Crippen molar-refractivity contribution < 1.29 is 9.47 Å². The van der Waals surface area contributed by atoms with Gasteiger partial charge in [0.1, 0.15) is 18.2 Å². The van der Waals surface area contributed by atoms with E-state index >= 15 is 0 Å². The van der Waals surface area contributed by atoms with Crippen LogP contribution >= 0.6 is 0 Å². The summed E-state index contributed by atoms with van der Waals surface area (Å²) in [7, 11) is 3.33. The van der Waals surface area contributed by atoms with Gasteiger partial charge in [-0.05, 0) is 13.3 Å². The molecule has 0 aliphatic heterocycles. The van der Waals surface area contributed by atoms with Crippen LogP contribution in [0.3, 0.4) is 0 Å². The third-order valence-electron chi connectivity index (χ3n) is 2.24. The summed E-state index contributed by atoms with van der Waals surface area (Å²) >= 11 is 0. The molecule has 1 aromatic heterocycles. The van der Waals surface area contributed by atoms with Gasteiger partial charge in [0.15, 0.2) is 5.82 Å². The molecule has 1 aromatic rings. The van der Waals surface area contributed by atoms with Crippen molar-refractivity contribution in [3.05, 3.63) is 11.9 Å². The molecule has 0 bridgehead atoms. The van der Waals surface area contributed by atoms with Gasteiger partial charge in [-0.25, -0.2) is 9.97 Å². The smallest absolute Gasteiger partial charge is 0.158 e. The van der Waals surface area contributed by atoms with Crippen molar-refractivity contribution >= 4 is 11.6 Å². The first-order valence-electron chi connectivity index (χ1n) is 6.13. The number of hydrogen-bond donors (Lipinski definition) is 2. The Balaban J connectivity index is 2.63. The molecule has 0 amide bonds. The summed E-state index contributed by atoms with van der Waals surface area (Å²) in [6, 6.07) is 1.90. The molecule has 6 nitrogen and oxygen atoms in total. The number of nitrogens with zero attached hydrogens (tertiary/aromatic N) is 2. The number of aromatic nitrogens is 2. The fourth-order valence-corrected chi connectivity index (χ4v) is 1.49. The Bertz CT molecular complexity index is 323. The SMILES string of the molecule is CCNc1cc(NCCCOC)nc(COC)n1. The number of ether oxygens (including phenoxy) is 2. The molecule has 0 aromatic carbocycles. The summed E-state index contributed by atoms with van der Waals surface area (Å²) in [5.74, 6) is 2.29. The van der Waals surface area contributed by atoms with Gasteiger partial charge in [-0.1, -0.05) is 0 Å². The molecule has 2 N–H and O–H groups in total. The molecule has 18 heavy (non-hydrogen) atoms. The summed E-state index contributed by atoms with van der Waals surface area (Å²) < 4.78 is 10.1. The largest absolute Gasteiger partial charge is 0.385 e. The summed E-state index contributed by atoms with van der Waals surface area (Å²) in [5, 5.41) is 6.43. The van der Waals surface area contributed by atoms with Crippen LogP contribution in [0.4, 0.5) is 11.6 Å². The molecular formula is C12H22N4O2. The third kappa shape index (κ3) is 5.29. The Morgan fingerprint density at radius 2 is 1.83 bits per heavy atom. The Morgan fingerprint density at radius 3 is 2.44 bits per heavy atom. The maximum Gasteiger partial charge on any atom is 0.158 e. The summed E-state index contributed by atoms with van der Waals surface area (Å²) in [6.07, 6.45) is 0.941. The minimum atomic E-state index is 0.409. The second-order valence-corrected chi connectivity index (χ2v) is 3.79. The van der Waals surface area contributed by atoms with E-state index in [-0.39, 0.29) is 0 Å². The van der Waals surface area contributed by atoms with E-state index in [9.17, 15) is 0 Å². The molecule has 1 heterocycles. The first kappa shape index (κ1) is 14.7. The van der Waals surface area contributed by atoms with Gasteiger partial charge >= 0.3 is 0 Å². The molecule has 0 radical (unpaired) electrons. The van der Waals surface area contributed by atoms with Crippen molar-refractivity contribution in [2.24, 2.45) is 0 Å². The van der Waals surface area contributed by atoms with E-state index in [2.05, 4.69) is 20.6 Å². The highest BCUT2D eigenvalue weighted by Gasteiger charge is 2.03. The Hall–Kier alpha value is -1.40. The van der Waals surface area contributed by atoms with Crippen LogP contribution in [0.2, 0.25) is 0 Å². The highest BCUT2D eigenvalue weighted by molar-refractivity contribution is 5.47. The van der Waals surface area contributed by atoms with Gasteiger partial charge in [0, 0.05) is 40.0 Å². The van der Waals surface area contributed by atoms with E-state index in [1.165, 1.54) is 0 Å². The van der Waals surface area contributed by atoms with Crippen molar-refractivity contribution in [1.82, 2.24) is 9.97 Å². The van der Waals surface area contributed by atoms with Crippen LogP contribution in [0.5, 0.6) is 0 Å². The van der Waals surface area contributed by atoms with E-state index < -0.39 is 0 Å². The monoisotopic (exact) mass is 254 g/mol. The van der Waals surface area contributed by atoms with Gasteiger partial charge in [-0.3, -0.25) is 0 Å². The molecule has 0 aliphatic rings. The van der Waals surface area contributed by atoms with Crippen LogP contribution in [0.15, 0.2) is 6.07 Å². The fraction of sp³-hybridized carbons (Fsp3) is 0.667. The molecule has 0 saturated carbocycles. The zero-order chi connectivity index (χ0) is 13.2. The van der Waals surface area contributed by atoms with Gasteiger partial charge in [0.25, 0.3) is 0 Å². The maximum atomic E-state index is 5.06. The lowest BCUT2D eigenvalue weighted by Gasteiger charge is -2.10. The van der Waals surface area contributed by atoms with Gasteiger partial charge in [0.05, 0.1) is 0 Å². The van der Waals surface area contributed by atoms with Crippen LogP contribution in [-0.2, 0) is 16.1 Å². The fourth-order valence-electron chi connectivity index (χ4n) is 1.49. The van der Waals surface area contributed by atoms with Gasteiger partial charge < -0.3 is 20.1 Å². The van der Waals surface area contributed by atoms with Gasteiger partial charge in [0.2, 0.25) is 0 Å². The normalized spacial score (nSPS) is 10.4. The predicted octanol–water partition coefficient (Wildman–Crippen LogP) is 1.50. The highest BCUT2D eigenvalue weighted by atomic mass is 16.5. The van der Waals surface area contributed by atoms with Crippen molar-refractivity contribution in [1.29, 1.82) is 0 Å². The van der Waals surface area contributed by atoms with E-state index in [4.69, 9.17) is 9.47 Å². The van der Waals surface area contributed by atoms with Crippen molar-refractivity contribution in [2.45, 2.75) is 20.0 Å². The van der Waals surface area contributed by atoms with Crippen LogP contribution in [-0.4, -0.2) is 43.9 Å². The summed E-state index contributed by atoms with van der Waals surface area (Å²) in [5.41, 5.74) is 0. The number of methoxy groups -OCH3 is 2. The van der Waals surface area contributed by atoms with E-state index in [0.717, 1.165) is 37.8 Å². The van der Waals surface area contributed by atoms with Crippen LogP contribution in [0, 0.1) is 0 Å². The van der Waals surface area contributed by atoms with Gasteiger partial charge in [-0.15, -0.1) is 0 Å². The van der Waals surface area contributed by atoms with Crippen molar-refractivity contribution in [3.8, 4) is 0 Å². The first-order valence-corrected chi connectivity index (χ1v) is 6.13. The molecule has 1 rings (SSSR count). The second-order valence-electron chi connectivity index (χ2n) is 3.79. The number of nitrogens with one attached hydrogen (secondary N) is 2. The molecule has 102 valence electrons. The zero-order valence-corrected chi connectivity index (χ0v) is 11.3. The molecule has 0 spiro atoms. The molecule has 0 saturated heterocycles. The van der Waals surface area contributed by atoms with E-state index in [1.807, 2.05) is 13.0 Å². The lowest BCUT2D eigenvalue weighted by atomic mass is 10.4. The Morgan fingerprint density at radius 1 is 1.11 bits per heavy atom. The molecule has 0 unspecified atom stereocenters. The zero-order valence-electron chi connectivity index (χ0n) is 11.3. The number of anilines is 2. The second kappa shape index (κ2) is 8.66. The molecule has 6 heteroatoms. The minimum Gasteiger partial charge on any atom is -0.385 e. The van der Waals surface area contributed by atoms with Crippen LogP contribution in [0.25, 0.3) is 0 Å². The molecule has 0 aliphatic carbocycles. The topological polar surface area (TPSA) is 68.3 Å². The molecule has 0 atom stereocenters. The predicted molar refractivity (Wildman–Crippen MR) is 71.9 cm³/mol. The average Bonchev–Trinajstić information content (AvgIpc) is 2.35. The Kier molecular flexibility index (Phi) is 7.05. The summed E-state index contributed by atoms with van der Waals surface area (Å²) in [4.78, 5) is 8.72. The van der Waals surface area contributed by atoms with E-state index in [1.54, 1.807) is 14.2 Å². The Labute approximate surface area is 108 Å². The lowest BCUT2D eigenvalue weighted by molar-refractivity contribution is 0.178. The third-order valence-corrected chi connectivity index (χ3v) is 2.24. The van der Waals surface area contributed by atoms with Crippen LogP contribution < -0.4 is 10.6 Å². The van der Waals surface area contributed by atoms with Crippen molar-refractivity contribution in [2.75, 3.05) is 44.5 Å². The summed E-state index contributed by atoms with van der Waals surface area (Å²) in [6.45, 7) is 4.83. The molecule has 0 fully saturated rings. The quantitative estimate of drug-likeness (QED) is 0.651. The number of rotatable bonds is 9. The highest BCUT2D eigenvalue weighted by Crippen LogP contribution is 2.11. The first-order chi connectivity index (χ1) is 8.80. The average molecular weight is 254 g/mol. The standard InChI is InChI=1S/C12H22N4O2/c1-4-13-10-8-11(14-6-5-7-17-2)16-12(15-10)9-18-3/h8H,4-7,9H2,1-3H3,(H2,13,14,15,16). The maximum absolute atomic E-state index is 5.06. The van der Waals surface area contributed by atoms with Crippen molar-refractivity contribution in [3.63, 3.8) is 0 Å². The lowest BCUT2D eigenvalue weighted by Crippen LogP contribution is -2.10. The van der Waals surface area contributed by atoms with Gasteiger partial charge in [-0.2, -0.15) is 0 Å². The number of hydrogen-bond acceptors (Lipinski definition) is 6. The van der Waals surface area contributed by atoms with E-state index in [0.29, 0.717) is 12.4 Å². The minimum absolute atomic E-state index is 0.409. The molecular weight excluding hydrogens is 232 g/mol. The van der Waals surface area contributed by atoms with Crippen LogP contribution in [0.1, 0.15) is 19.2 Å².